The van der Waals surface area contributed by atoms with Gasteiger partial charge in [0.25, 0.3) is 0 Å². The van der Waals surface area contributed by atoms with Crippen molar-refractivity contribution in [2.75, 3.05) is 6.54 Å². The zero-order valence-corrected chi connectivity index (χ0v) is 8.06. The van der Waals surface area contributed by atoms with E-state index in [0.29, 0.717) is 0 Å². The van der Waals surface area contributed by atoms with Crippen LogP contribution in [0.4, 0.5) is 0 Å². The molecular formula is C10H21N. The minimum absolute atomic E-state index is 0.810. The molecule has 1 fully saturated rings. The largest absolute Gasteiger partial charge is 0.314 e. The number of hydrogen-bond acceptors (Lipinski definition) is 1. The van der Waals surface area contributed by atoms with Crippen molar-refractivity contribution in [3.8, 4) is 0 Å². The van der Waals surface area contributed by atoms with Gasteiger partial charge >= 0.3 is 0 Å². The summed E-state index contributed by atoms with van der Waals surface area (Å²) in [6, 6.07) is 0.810. The van der Waals surface area contributed by atoms with Crippen molar-refractivity contribution in [1.29, 1.82) is 0 Å². The maximum atomic E-state index is 3.60. The molecule has 2 atom stereocenters. The summed E-state index contributed by atoms with van der Waals surface area (Å²) in [7, 11) is 0. The van der Waals surface area contributed by atoms with Gasteiger partial charge in [-0.3, -0.25) is 0 Å². The van der Waals surface area contributed by atoms with Crippen LogP contribution in [0.5, 0.6) is 0 Å². The molecule has 0 aromatic carbocycles. The highest BCUT2D eigenvalue weighted by Gasteiger charge is 2.33. The Morgan fingerprint density at radius 1 is 1.36 bits per heavy atom. The highest BCUT2D eigenvalue weighted by atomic mass is 14.9. The van der Waals surface area contributed by atoms with Gasteiger partial charge in [-0.15, -0.1) is 0 Å². The molecule has 0 bridgehead atoms. The van der Waals surface area contributed by atoms with Crippen LogP contribution in [0.3, 0.4) is 0 Å². The second-order valence-corrected chi connectivity index (χ2v) is 3.81. The van der Waals surface area contributed by atoms with E-state index in [-0.39, 0.29) is 0 Å². The summed E-state index contributed by atoms with van der Waals surface area (Å²) < 4.78 is 0. The SMILES string of the molecule is CCNC(C(C)CC)C1CC1. The van der Waals surface area contributed by atoms with E-state index >= 15 is 0 Å². The van der Waals surface area contributed by atoms with Gasteiger partial charge in [0.1, 0.15) is 0 Å². The molecule has 11 heavy (non-hydrogen) atoms. The molecule has 0 radical (unpaired) electrons. The Morgan fingerprint density at radius 2 is 2.00 bits per heavy atom. The first-order valence-electron chi connectivity index (χ1n) is 5.03. The van der Waals surface area contributed by atoms with Crippen molar-refractivity contribution in [3.05, 3.63) is 0 Å². The summed E-state index contributed by atoms with van der Waals surface area (Å²) in [5.41, 5.74) is 0. The maximum absolute atomic E-state index is 3.60. The first kappa shape index (κ1) is 9.05. The van der Waals surface area contributed by atoms with Gasteiger partial charge in [-0.1, -0.05) is 27.2 Å². The molecule has 0 spiro atoms. The van der Waals surface area contributed by atoms with E-state index < -0.39 is 0 Å². The molecule has 0 aliphatic heterocycles. The summed E-state index contributed by atoms with van der Waals surface area (Å²) in [5.74, 6) is 1.87. The summed E-state index contributed by atoms with van der Waals surface area (Å²) in [4.78, 5) is 0. The van der Waals surface area contributed by atoms with Crippen LogP contribution in [-0.4, -0.2) is 12.6 Å². The fraction of sp³-hybridized carbons (Fsp3) is 1.00. The van der Waals surface area contributed by atoms with E-state index in [1.165, 1.54) is 19.3 Å². The van der Waals surface area contributed by atoms with Crippen molar-refractivity contribution in [2.24, 2.45) is 11.8 Å². The molecule has 1 rings (SSSR count). The van der Waals surface area contributed by atoms with E-state index in [4.69, 9.17) is 0 Å². The van der Waals surface area contributed by atoms with Gasteiger partial charge in [-0.05, 0) is 31.2 Å². The second kappa shape index (κ2) is 4.10. The van der Waals surface area contributed by atoms with E-state index in [1.54, 1.807) is 0 Å². The first-order chi connectivity index (χ1) is 5.29. The van der Waals surface area contributed by atoms with Crippen LogP contribution in [0.1, 0.15) is 40.0 Å². The fourth-order valence-corrected chi connectivity index (χ4v) is 1.78. The zero-order valence-electron chi connectivity index (χ0n) is 8.06. The molecule has 0 aromatic rings. The summed E-state index contributed by atoms with van der Waals surface area (Å²) in [6.45, 7) is 7.99. The summed E-state index contributed by atoms with van der Waals surface area (Å²) >= 11 is 0. The standard InChI is InChI=1S/C10H21N/c1-4-8(3)10(11-5-2)9-6-7-9/h8-11H,4-7H2,1-3H3. The molecular weight excluding hydrogens is 134 g/mol. The number of nitrogens with one attached hydrogen (secondary N) is 1. The molecule has 0 amide bonds. The van der Waals surface area contributed by atoms with E-state index in [9.17, 15) is 0 Å². The monoisotopic (exact) mass is 155 g/mol. The third-order valence-electron chi connectivity index (χ3n) is 2.83. The highest BCUT2D eigenvalue weighted by molar-refractivity contribution is 4.88. The first-order valence-corrected chi connectivity index (χ1v) is 5.03. The van der Waals surface area contributed by atoms with Crippen molar-refractivity contribution in [3.63, 3.8) is 0 Å². The minimum atomic E-state index is 0.810. The molecule has 66 valence electrons. The van der Waals surface area contributed by atoms with Crippen LogP contribution >= 0.6 is 0 Å². The van der Waals surface area contributed by atoms with Gasteiger partial charge < -0.3 is 5.32 Å². The third-order valence-corrected chi connectivity index (χ3v) is 2.83. The molecule has 1 nitrogen and oxygen atoms in total. The lowest BCUT2D eigenvalue weighted by atomic mass is 9.95. The van der Waals surface area contributed by atoms with Crippen molar-refractivity contribution < 1.29 is 0 Å². The smallest absolute Gasteiger partial charge is 0.0121 e. The van der Waals surface area contributed by atoms with Crippen molar-refractivity contribution >= 4 is 0 Å². The van der Waals surface area contributed by atoms with Gasteiger partial charge in [0.15, 0.2) is 0 Å². The highest BCUT2D eigenvalue weighted by Crippen LogP contribution is 2.36. The lowest BCUT2D eigenvalue weighted by Crippen LogP contribution is -2.36. The normalized spacial score (nSPS) is 23.2. The average molecular weight is 155 g/mol. The Kier molecular flexibility index (Phi) is 3.38. The van der Waals surface area contributed by atoms with E-state index in [2.05, 4.69) is 26.1 Å². The van der Waals surface area contributed by atoms with Gasteiger partial charge in [-0.2, -0.15) is 0 Å². The predicted molar refractivity (Wildman–Crippen MR) is 49.6 cm³/mol. The van der Waals surface area contributed by atoms with E-state index in [1.807, 2.05) is 0 Å². The second-order valence-electron chi connectivity index (χ2n) is 3.81. The van der Waals surface area contributed by atoms with Gasteiger partial charge in [0.05, 0.1) is 0 Å². The Hall–Kier alpha value is -0.0400. The topological polar surface area (TPSA) is 12.0 Å². The van der Waals surface area contributed by atoms with Crippen LogP contribution in [0.25, 0.3) is 0 Å². The predicted octanol–water partition coefficient (Wildman–Crippen LogP) is 2.42. The molecule has 1 aliphatic rings. The minimum Gasteiger partial charge on any atom is -0.314 e. The maximum Gasteiger partial charge on any atom is 0.0121 e. The van der Waals surface area contributed by atoms with Crippen LogP contribution in [0.2, 0.25) is 0 Å². The molecule has 1 aliphatic carbocycles. The quantitative estimate of drug-likeness (QED) is 0.643. The zero-order chi connectivity index (χ0) is 8.27. The molecule has 0 heterocycles. The van der Waals surface area contributed by atoms with Gasteiger partial charge in [-0.25, -0.2) is 0 Å². The van der Waals surface area contributed by atoms with Crippen LogP contribution in [-0.2, 0) is 0 Å². The Balaban J connectivity index is 2.30. The molecule has 1 saturated carbocycles. The number of hydrogen-bond donors (Lipinski definition) is 1. The van der Waals surface area contributed by atoms with Crippen LogP contribution in [0, 0.1) is 11.8 Å². The Morgan fingerprint density at radius 3 is 2.36 bits per heavy atom. The van der Waals surface area contributed by atoms with Crippen molar-refractivity contribution in [1.82, 2.24) is 5.32 Å². The van der Waals surface area contributed by atoms with Crippen LogP contribution in [0.15, 0.2) is 0 Å². The van der Waals surface area contributed by atoms with Crippen LogP contribution < -0.4 is 5.32 Å². The molecule has 1 heteroatoms. The summed E-state index contributed by atoms with van der Waals surface area (Å²) in [6.07, 6.45) is 4.23. The fourth-order valence-electron chi connectivity index (χ4n) is 1.78. The molecule has 0 aromatic heterocycles. The third kappa shape index (κ3) is 2.48. The lowest BCUT2D eigenvalue weighted by Gasteiger charge is -2.23. The van der Waals surface area contributed by atoms with Gasteiger partial charge in [0, 0.05) is 6.04 Å². The Labute approximate surface area is 70.6 Å². The molecule has 0 saturated heterocycles. The molecule has 1 N–H and O–H groups in total. The van der Waals surface area contributed by atoms with Gasteiger partial charge in [0.2, 0.25) is 0 Å². The van der Waals surface area contributed by atoms with E-state index in [0.717, 1.165) is 24.4 Å². The molecule has 2 unspecified atom stereocenters. The average Bonchev–Trinajstić information content (AvgIpc) is 2.81. The Bertz CT molecular complexity index is 107. The van der Waals surface area contributed by atoms with Crippen molar-refractivity contribution in [2.45, 2.75) is 46.1 Å². The number of rotatable bonds is 5. The lowest BCUT2D eigenvalue weighted by molar-refractivity contribution is 0.339. The summed E-state index contributed by atoms with van der Waals surface area (Å²) in [5, 5.41) is 3.60.